The molecule has 2 rings (SSSR count). The Morgan fingerprint density at radius 2 is 2.09 bits per heavy atom. The van der Waals surface area contributed by atoms with Crippen molar-refractivity contribution < 1.29 is 25.8 Å². The third-order valence-electron chi connectivity index (χ3n) is 3.61. The molecule has 1 aliphatic carbocycles. The van der Waals surface area contributed by atoms with E-state index in [9.17, 15) is 21.6 Å². The molecule has 1 aromatic rings. The van der Waals surface area contributed by atoms with E-state index in [1.807, 2.05) is 0 Å². The second kappa shape index (κ2) is 6.45. The minimum atomic E-state index is -5.63. The number of hydrogen-bond acceptors (Lipinski definition) is 4. The monoisotopic (exact) mass is 337 g/mol. The van der Waals surface area contributed by atoms with E-state index < -0.39 is 15.6 Å². The first kappa shape index (κ1) is 17.1. The zero-order chi connectivity index (χ0) is 16.4. The van der Waals surface area contributed by atoms with Gasteiger partial charge in [0.2, 0.25) is 0 Å². The van der Waals surface area contributed by atoms with Gasteiger partial charge in [-0.1, -0.05) is 19.1 Å². The molecule has 22 heavy (non-hydrogen) atoms. The average molecular weight is 337 g/mol. The SMILES string of the molecule is CCCN[C@@H]1CCc2c(cccc2OS(=O)(=O)C(F)(F)F)C1. The largest absolute Gasteiger partial charge is 0.534 e. The van der Waals surface area contributed by atoms with E-state index >= 15 is 0 Å². The van der Waals surface area contributed by atoms with Gasteiger partial charge in [0.15, 0.2) is 0 Å². The maximum atomic E-state index is 12.4. The maximum absolute atomic E-state index is 12.4. The summed E-state index contributed by atoms with van der Waals surface area (Å²) in [4.78, 5) is 0. The fourth-order valence-corrected chi connectivity index (χ4v) is 3.03. The lowest BCUT2D eigenvalue weighted by molar-refractivity contribution is -0.0500. The van der Waals surface area contributed by atoms with Crippen molar-refractivity contribution >= 4 is 10.1 Å². The van der Waals surface area contributed by atoms with Gasteiger partial charge in [0, 0.05) is 6.04 Å². The Morgan fingerprint density at radius 3 is 2.73 bits per heavy atom. The lowest BCUT2D eigenvalue weighted by Gasteiger charge is -2.27. The first-order chi connectivity index (χ1) is 10.2. The molecule has 1 aliphatic rings. The number of halogens is 3. The van der Waals surface area contributed by atoms with Crippen LogP contribution in [0.3, 0.4) is 0 Å². The molecule has 0 saturated carbocycles. The Bertz CT molecular complexity index is 629. The molecule has 0 aromatic heterocycles. The summed E-state index contributed by atoms with van der Waals surface area (Å²) in [5.41, 5.74) is -4.05. The van der Waals surface area contributed by atoms with Gasteiger partial charge in [-0.3, -0.25) is 0 Å². The predicted octanol–water partition coefficient (Wildman–Crippen LogP) is 2.77. The molecule has 0 heterocycles. The van der Waals surface area contributed by atoms with Crippen molar-refractivity contribution in [3.05, 3.63) is 29.3 Å². The third kappa shape index (κ3) is 3.73. The zero-order valence-corrected chi connectivity index (χ0v) is 12.9. The molecule has 0 radical (unpaired) electrons. The average Bonchev–Trinajstić information content (AvgIpc) is 2.43. The van der Waals surface area contributed by atoms with Crippen LogP contribution >= 0.6 is 0 Å². The van der Waals surface area contributed by atoms with E-state index in [4.69, 9.17) is 0 Å². The summed E-state index contributed by atoms with van der Waals surface area (Å²) < 4.78 is 63.9. The van der Waals surface area contributed by atoms with E-state index in [0.29, 0.717) is 18.4 Å². The molecular weight excluding hydrogens is 319 g/mol. The third-order valence-corrected chi connectivity index (χ3v) is 4.57. The molecule has 0 fully saturated rings. The first-order valence-electron chi connectivity index (χ1n) is 7.09. The van der Waals surface area contributed by atoms with Crippen LogP contribution < -0.4 is 9.50 Å². The van der Waals surface area contributed by atoms with Crippen LogP contribution in [-0.2, 0) is 23.0 Å². The zero-order valence-electron chi connectivity index (χ0n) is 12.1. The lowest BCUT2D eigenvalue weighted by Crippen LogP contribution is -2.35. The van der Waals surface area contributed by atoms with Crippen LogP contribution in [0.2, 0.25) is 0 Å². The molecule has 0 unspecified atom stereocenters. The second-order valence-corrected chi connectivity index (χ2v) is 6.81. The summed E-state index contributed by atoms with van der Waals surface area (Å²) in [5, 5.41) is 3.37. The minimum absolute atomic E-state index is 0.219. The Kier molecular flexibility index (Phi) is 5.01. The minimum Gasteiger partial charge on any atom is -0.376 e. The smallest absolute Gasteiger partial charge is 0.376 e. The van der Waals surface area contributed by atoms with Gasteiger partial charge in [-0.25, -0.2) is 0 Å². The maximum Gasteiger partial charge on any atom is 0.534 e. The summed E-state index contributed by atoms with van der Waals surface area (Å²) >= 11 is 0. The fraction of sp³-hybridized carbons (Fsp3) is 0.571. The molecule has 124 valence electrons. The number of alkyl halides is 3. The van der Waals surface area contributed by atoms with Gasteiger partial charge in [0.1, 0.15) is 5.75 Å². The van der Waals surface area contributed by atoms with E-state index in [1.165, 1.54) is 12.1 Å². The van der Waals surface area contributed by atoms with Crippen molar-refractivity contribution in [3.8, 4) is 5.75 Å². The molecule has 1 N–H and O–H groups in total. The van der Waals surface area contributed by atoms with Crippen LogP contribution in [0.25, 0.3) is 0 Å². The molecule has 1 aromatic carbocycles. The van der Waals surface area contributed by atoms with Gasteiger partial charge >= 0.3 is 15.6 Å². The van der Waals surface area contributed by atoms with Crippen LogP contribution in [-0.4, -0.2) is 26.5 Å². The van der Waals surface area contributed by atoms with Crippen LogP contribution in [0.5, 0.6) is 5.75 Å². The molecule has 1 atom stereocenters. The van der Waals surface area contributed by atoms with Gasteiger partial charge < -0.3 is 9.50 Å². The highest BCUT2D eigenvalue weighted by atomic mass is 32.2. The summed E-state index contributed by atoms with van der Waals surface area (Å²) in [5.74, 6) is -0.219. The summed E-state index contributed by atoms with van der Waals surface area (Å²) in [6.07, 6.45) is 2.87. The van der Waals surface area contributed by atoms with Gasteiger partial charge in [-0.05, 0) is 49.4 Å². The van der Waals surface area contributed by atoms with Gasteiger partial charge in [-0.2, -0.15) is 21.6 Å². The molecule has 8 heteroatoms. The van der Waals surface area contributed by atoms with Crippen molar-refractivity contribution in [2.75, 3.05) is 6.54 Å². The van der Waals surface area contributed by atoms with Gasteiger partial charge in [0.05, 0.1) is 0 Å². The summed E-state index contributed by atoms with van der Waals surface area (Å²) in [7, 11) is -5.63. The molecule has 0 amide bonds. The molecule has 0 spiro atoms. The van der Waals surface area contributed by atoms with Crippen molar-refractivity contribution in [3.63, 3.8) is 0 Å². The number of benzene rings is 1. The molecular formula is C14H18F3NO3S. The molecule has 0 saturated heterocycles. The number of hydrogen-bond donors (Lipinski definition) is 1. The quantitative estimate of drug-likeness (QED) is 0.663. The highest BCUT2D eigenvalue weighted by molar-refractivity contribution is 7.88. The molecule has 0 aliphatic heterocycles. The van der Waals surface area contributed by atoms with Crippen molar-refractivity contribution in [2.45, 2.75) is 44.2 Å². The normalized spacial score (nSPS) is 18.8. The Labute approximate surface area is 127 Å². The van der Waals surface area contributed by atoms with E-state index in [0.717, 1.165) is 24.9 Å². The summed E-state index contributed by atoms with van der Waals surface area (Å²) in [6.45, 7) is 2.93. The van der Waals surface area contributed by atoms with Gasteiger partial charge in [-0.15, -0.1) is 0 Å². The van der Waals surface area contributed by atoms with E-state index in [1.54, 1.807) is 6.07 Å². The Morgan fingerprint density at radius 1 is 1.36 bits per heavy atom. The Balaban J connectivity index is 2.21. The fourth-order valence-electron chi connectivity index (χ4n) is 2.54. The summed E-state index contributed by atoms with van der Waals surface area (Å²) in [6, 6.07) is 4.83. The predicted molar refractivity (Wildman–Crippen MR) is 76.2 cm³/mol. The van der Waals surface area contributed by atoms with E-state index in [2.05, 4.69) is 16.4 Å². The van der Waals surface area contributed by atoms with Crippen LogP contribution in [0, 0.1) is 0 Å². The number of fused-ring (bicyclic) bond motifs is 1. The lowest BCUT2D eigenvalue weighted by atomic mass is 9.87. The standard InChI is InChI=1S/C14H18F3NO3S/c1-2-8-18-11-6-7-12-10(9-11)4-3-5-13(12)21-22(19,20)14(15,16)17/h3-5,11,18H,2,6-9H2,1H3/t11-/m1/s1. The highest BCUT2D eigenvalue weighted by Crippen LogP contribution is 2.33. The number of nitrogens with one attached hydrogen (secondary N) is 1. The van der Waals surface area contributed by atoms with Crippen LogP contribution in [0.4, 0.5) is 13.2 Å². The van der Waals surface area contributed by atoms with Crippen molar-refractivity contribution in [1.82, 2.24) is 5.32 Å². The van der Waals surface area contributed by atoms with E-state index in [-0.39, 0.29) is 11.8 Å². The molecule has 0 bridgehead atoms. The van der Waals surface area contributed by atoms with Gasteiger partial charge in [0.25, 0.3) is 0 Å². The topological polar surface area (TPSA) is 55.4 Å². The van der Waals surface area contributed by atoms with Crippen molar-refractivity contribution in [1.29, 1.82) is 0 Å². The first-order valence-corrected chi connectivity index (χ1v) is 8.50. The van der Waals surface area contributed by atoms with Crippen LogP contribution in [0.1, 0.15) is 30.9 Å². The highest BCUT2D eigenvalue weighted by Gasteiger charge is 2.48. The second-order valence-electron chi connectivity index (χ2n) is 5.27. The molecule has 4 nitrogen and oxygen atoms in total. The van der Waals surface area contributed by atoms with Crippen LogP contribution in [0.15, 0.2) is 18.2 Å². The number of rotatable bonds is 5. The Hall–Kier alpha value is -1.28. The van der Waals surface area contributed by atoms with Crippen molar-refractivity contribution in [2.24, 2.45) is 0 Å².